The largest absolute Gasteiger partial charge is 0.301 e. The van der Waals surface area contributed by atoms with Crippen LogP contribution in [0.5, 0.6) is 0 Å². The zero-order valence-electron chi connectivity index (χ0n) is 18.6. The summed E-state index contributed by atoms with van der Waals surface area (Å²) in [5.74, 6) is -0.423. The zero-order valence-corrected chi connectivity index (χ0v) is 20.2. The number of benzene rings is 3. The molecule has 2 aliphatic heterocycles. The van der Waals surface area contributed by atoms with Crippen molar-refractivity contribution in [1.82, 2.24) is 9.80 Å². The van der Waals surface area contributed by atoms with Crippen LogP contribution in [0, 0.1) is 0 Å². The Hall–Kier alpha value is -2.66. The Balaban J connectivity index is 0.00000259. The number of likely N-dealkylation sites (N-methyl/N-ethyl adjacent to an activating group) is 1. The molecule has 2 aliphatic rings. The first kappa shape index (κ1) is 23.5. The van der Waals surface area contributed by atoms with Crippen LogP contribution in [0.4, 0.5) is 0 Å². The number of carbonyl (C=O) groups is 2. The number of halogens is 2. The molecule has 33 heavy (non-hydrogen) atoms. The fourth-order valence-corrected chi connectivity index (χ4v) is 5.79. The quantitative estimate of drug-likeness (QED) is 0.458. The third-order valence-electron chi connectivity index (χ3n) is 6.91. The van der Waals surface area contributed by atoms with Crippen molar-refractivity contribution in [3.8, 4) is 0 Å². The molecule has 2 amide bonds. The van der Waals surface area contributed by atoms with E-state index >= 15 is 0 Å². The maximum absolute atomic E-state index is 13.5. The predicted molar refractivity (Wildman–Crippen MR) is 133 cm³/mol. The van der Waals surface area contributed by atoms with Gasteiger partial charge in [-0.2, -0.15) is 0 Å². The van der Waals surface area contributed by atoms with Crippen molar-refractivity contribution < 1.29 is 9.59 Å². The van der Waals surface area contributed by atoms with Crippen LogP contribution in [0.2, 0.25) is 5.02 Å². The topological polar surface area (TPSA) is 40.6 Å². The fourth-order valence-electron chi connectivity index (χ4n) is 5.66. The normalized spacial score (nSPS) is 20.8. The molecule has 0 N–H and O–H groups in total. The molecule has 0 fully saturated rings. The Morgan fingerprint density at radius 3 is 2.09 bits per heavy atom. The van der Waals surface area contributed by atoms with Crippen LogP contribution in [0.1, 0.15) is 50.8 Å². The van der Waals surface area contributed by atoms with E-state index in [4.69, 9.17) is 11.6 Å². The van der Waals surface area contributed by atoms with Crippen molar-refractivity contribution >= 4 is 35.8 Å². The summed E-state index contributed by atoms with van der Waals surface area (Å²) >= 11 is 6.24. The van der Waals surface area contributed by atoms with Gasteiger partial charge in [0.25, 0.3) is 11.8 Å². The average Bonchev–Trinajstić information content (AvgIpc) is 3.05. The Morgan fingerprint density at radius 2 is 1.48 bits per heavy atom. The smallest absolute Gasteiger partial charge is 0.261 e. The molecule has 0 saturated heterocycles. The molecule has 6 heteroatoms. The maximum Gasteiger partial charge on any atom is 0.261 e. The van der Waals surface area contributed by atoms with E-state index in [0.717, 1.165) is 12.1 Å². The van der Waals surface area contributed by atoms with Gasteiger partial charge in [-0.05, 0) is 54.4 Å². The third-order valence-corrected chi connectivity index (χ3v) is 7.16. The third kappa shape index (κ3) is 3.57. The minimum Gasteiger partial charge on any atom is -0.301 e. The van der Waals surface area contributed by atoms with E-state index in [1.54, 1.807) is 12.1 Å². The van der Waals surface area contributed by atoms with Crippen LogP contribution in [0.15, 0.2) is 72.8 Å². The molecule has 4 nitrogen and oxygen atoms in total. The van der Waals surface area contributed by atoms with Gasteiger partial charge in [-0.15, -0.1) is 12.4 Å². The van der Waals surface area contributed by atoms with Crippen LogP contribution in [0.3, 0.4) is 0 Å². The highest BCUT2D eigenvalue weighted by Crippen LogP contribution is 2.46. The number of imide groups is 1. The van der Waals surface area contributed by atoms with Gasteiger partial charge >= 0.3 is 0 Å². The molecule has 170 valence electrons. The molecular formula is C27H26Cl2N2O2. The molecule has 3 aromatic carbocycles. The Kier molecular flexibility index (Phi) is 6.37. The lowest BCUT2D eigenvalue weighted by atomic mass is 9.64. The second-order valence-electron chi connectivity index (χ2n) is 8.76. The van der Waals surface area contributed by atoms with Crippen molar-refractivity contribution in [1.29, 1.82) is 0 Å². The van der Waals surface area contributed by atoms with E-state index < -0.39 is 5.41 Å². The first-order valence-corrected chi connectivity index (χ1v) is 11.3. The minimum absolute atomic E-state index is 0. The van der Waals surface area contributed by atoms with Gasteiger partial charge in [-0.3, -0.25) is 14.5 Å². The highest BCUT2D eigenvalue weighted by molar-refractivity contribution is 6.30. The van der Waals surface area contributed by atoms with Gasteiger partial charge in [0, 0.05) is 18.1 Å². The number of rotatable bonds is 4. The number of amides is 2. The molecule has 0 saturated carbocycles. The summed E-state index contributed by atoms with van der Waals surface area (Å²) < 4.78 is 0. The Morgan fingerprint density at radius 1 is 0.909 bits per heavy atom. The lowest BCUT2D eigenvalue weighted by molar-refractivity contribution is 0.0466. The summed E-state index contributed by atoms with van der Waals surface area (Å²) in [5, 5.41) is 0.662. The number of fused-ring (bicyclic) bond motifs is 2. The molecule has 2 unspecified atom stereocenters. The van der Waals surface area contributed by atoms with Gasteiger partial charge in [0.15, 0.2) is 0 Å². The van der Waals surface area contributed by atoms with Crippen LogP contribution in [-0.4, -0.2) is 41.2 Å². The van der Waals surface area contributed by atoms with E-state index in [-0.39, 0.29) is 30.3 Å². The standard InChI is InChI=1S/C27H25ClN2O2.ClH/c1-3-24(30-25(31)21-9-5-6-10-22(21)26(30)32)27(19-12-14-20(28)15-13-19)17-29(2)16-18-8-4-7-11-23(18)27;/h4-15,24H,3,16-17H2,1-2H3;1H. The van der Waals surface area contributed by atoms with E-state index in [9.17, 15) is 9.59 Å². The lowest BCUT2D eigenvalue weighted by Crippen LogP contribution is -2.59. The summed E-state index contributed by atoms with van der Waals surface area (Å²) in [6.07, 6.45) is 0.635. The molecule has 3 aromatic rings. The first-order chi connectivity index (χ1) is 15.5. The van der Waals surface area contributed by atoms with Crippen LogP contribution in [0.25, 0.3) is 0 Å². The Labute approximate surface area is 205 Å². The molecule has 0 bridgehead atoms. The van der Waals surface area contributed by atoms with E-state index in [0.29, 0.717) is 29.1 Å². The van der Waals surface area contributed by atoms with Crippen molar-refractivity contribution in [2.45, 2.75) is 31.3 Å². The highest BCUT2D eigenvalue weighted by Gasteiger charge is 2.52. The predicted octanol–water partition coefficient (Wildman–Crippen LogP) is 5.57. The minimum atomic E-state index is -0.573. The highest BCUT2D eigenvalue weighted by atomic mass is 35.5. The second-order valence-corrected chi connectivity index (χ2v) is 9.19. The van der Waals surface area contributed by atoms with Crippen LogP contribution < -0.4 is 0 Å². The van der Waals surface area contributed by atoms with E-state index in [1.165, 1.54) is 16.0 Å². The zero-order chi connectivity index (χ0) is 22.5. The summed E-state index contributed by atoms with van der Waals surface area (Å²) in [6, 6.07) is 23.0. The second kappa shape index (κ2) is 8.94. The summed E-state index contributed by atoms with van der Waals surface area (Å²) in [7, 11) is 2.09. The van der Waals surface area contributed by atoms with Gasteiger partial charge in [-0.1, -0.05) is 67.1 Å². The van der Waals surface area contributed by atoms with Crippen molar-refractivity contribution in [3.05, 3.63) is 106 Å². The van der Waals surface area contributed by atoms with E-state index in [2.05, 4.69) is 31.0 Å². The Bertz CT molecular complexity index is 1180. The summed E-state index contributed by atoms with van der Waals surface area (Å²) in [5.41, 5.74) is 3.84. The van der Waals surface area contributed by atoms with E-state index in [1.807, 2.05) is 48.5 Å². The van der Waals surface area contributed by atoms with Gasteiger partial charge < -0.3 is 4.90 Å². The van der Waals surface area contributed by atoms with Gasteiger partial charge in [0.1, 0.15) is 0 Å². The molecule has 0 aliphatic carbocycles. The first-order valence-electron chi connectivity index (χ1n) is 11.0. The molecule has 0 radical (unpaired) electrons. The van der Waals surface area contributed by atoms with Crippen molar-refractivity contribution in [2.75, 3.05) is 13.6 Å². The van der Waals surface area contributed by atoms with Gasteiger partial charge in [-0.25, -0.2) is 0 Å². The molecule has 0 aromatic heterocycles. The molecule has 5 rings (SSSR count). The van der Waals surface area contributed by atoms with Crippen molar-refractivity contribution in [2.24, 2.45) is 0 Å². The number of hydrogen-bond donors (Lipinski definition) is 0. The molecule has 2 heterocycles. The average molecular weight is 481 g/mol. The molecular weight excluding hydrogens is 455 g/mol. The monoisotopic (exact) mass is 480 g/mol. The number of nitrogens with zero attached hydrogens (tertiary/aromatic N) is 2. The van der Waals surface area contributed by atoms with Crippen LogP contribution >= 0.6 is 24.0 Å². The molecule has 0 spiro atoms. The van der Waals surface area contributed by atoms with Crippen LogP contribution in [-0.2, 0) is 12.0 Å². The SMILES string of the molecule is CCC(N1C(=O)c2ccccc2C1=O)C1(c2ccc(Cl)cc2)CN(C)Cc2ccccc21.Cl. The summed E-state index contributed by atoms with van der Waals surface area (Å²) in [4.78, 5) is 30.9. The van der Waals surface area contributed by atoms with Crippen molar-refractivity contribution in [3.63, 3.8) is 0 Å². The number of hydrogen-bond acceptors (Lipinski definition) is 3. The van der Waals surface area contributed by atoms with Gasteiger partial charge in [0.2, 0.25) is 0 Å². The lowest BCUT2D eigenvalue weighted by Gasteiger charge is -2.50. The van der Waals surface area contributed by atoms with Gasteiger partial charge in [0.05, 0.1) is 22.6 Å². The maximum atomic E-state index is 13.5. The molecule has 2 atom stereocenters. The number of carbonyl (C=O) groups excluding carboxylic acids is 2. The fraction of sp³-hybridized carbons (Fsp3) is 0.259. The summed E-state index contributed by atoms with van der Waals surface area (Å²) in [6.45, 7) is 3.57.